The molecule has 0 aliphatic heterocycles. The lowest BCUT2D eigenvalue weighted by Gasteiger charge is -2.08. The fourth-order valence-corrected chi connectivity index (χ4v) is 2.09. The van der Waals surface area contributed by atoms with Gasteiger partial charge in [0, 0.05) is 29.0 Å². The van der Waals surface area contributed by atoms with Gasteiger partial charge in [-0.1, -0.05) is 22.0 Å². The van der Waals surface area contributed by atoms with E-state index in [4.69, 9.17) is 10.00 Å². The summed E-state index contributed by atoms with van der Waals surface area (Å²) >= 11 is 3.38. The van der Waals surface area contributed by atoms with Gasteiger partial charge in [-0.15, -0.1) is 0 Å². The Morgan fingerprint density at radius 1 is 1.37 bits per heavy atom. The monoisotopic (exact) mass is 317 g/mol. The van der Waals surface area contributed by atoms with E-state index in [1.807, 2.05) is 24.3 Å². The molecule has 0 saturated carbocycles. The number of pyridine rings is 1. The molecule has 2 aromatic rings. The molecule has 0 fully saturated rings. The number of ether oxygens (including phenoxy) is 1. The number of nitrogens with one attached hydrogen (secondary N) is 1. The summed E-state index contributed by atoms with van der Waals surface area (Å²) in [4.78, 5) is 4.14. The standard InChI is InChI=1S/C14H12BrN3O/c1-19-14-3-2-10(9-18-14)8-17-13-5-11(7-16)4-12(15)6-13/h2-6,9,17H,8H2,1H3. The average molecular weight is 318 g/mol. The van der Waals surface area contributed by atoms with Gasteiger partial charge in [-0.2, -0.15) is 5.26 Å². The van der Waals surface area contributed by atoms with E-state index in [-0.39, 0.29) is 0 Å². The molecule has 0 radical (unpaired) electrons. The number of hydrogen-bond acceptors (Lipinski definition) is 4. The molecule has 0 saturated heterocycles. The van der Waals surface area contributed by atoms with Crippen molar-refractivity contribution >= 4 is 21.6 Å². The van der Waals surface area contributed by atoms with Gasteiger partial charge < -0.3 is 10.1 Å². The minimum absolute atomic E-state index is 0.595. The Labute approximate surface area is 120 Å². The summed E-state index contributed by atoms with van der Waals surface area (Å²) in [5.74, 6) is 0.595. The van der Waals surface area contributed by atoms with E-state index in [0.29, 0.717) is 18.0 Å². The van der Waals surface area contributed by atoms with Crippen molar-refractivity contribution in [2.45, 2.75) is 6.54 Å². The third-order valence-electron chi connectivity index (χ3n) is 2.53. The van der Waals surface area contributed by atoms with Crippen LogP contribution in [0, 0.1) is 11.3 Å². The predicted octanol–water partition coefficient (Wildman–Crippen LogP) is 3.34. The molecule has 1 N–H and O–H groups in total. The number of anilines is 1. The van der Waals surface area contributed by atoms with Crippen LogP contribution in [0.5, 0.6) is 5.88 Å². The van der Waals surface area contributed by atoms with Crippen molar-refractivity contribution in [2.75, 3.05) is 12.4 Å². The van der Waals surface area contributed by atoms with E-state index in [2.05, 4.69) is 32.3 Å². The van der Waals surface area contributed by atoms with Crippen LogP contribution in [0.1, 0.15) is 11.1 Å². The van der Waals surface area contributed by atoms with E-state index in [0.717, 1.165) is 15.7 Å². The van der Waals surface area contributed by atoms with E-state index in [1.165, 1.54) is 0 Å². The number of aromatic nitrogens is 1. The molecular weight excluding hydrogens is 306 g/mol. The van der Waals surface area contributed by atoms with Crippen molar-refractivity contribution in [1.29, 1.82) is 5.26 Å². The first kappa shape index (κ1) is 13.4. The van der Waals surface area contributed by atoms with Crippen LogP contribution < -0.4 is 10.1 Å². The topological polar surface area (TPSA) is 57.9 Å². The third-order valence-corrected chi connectivity index (χ3v) is 2.99. The van der Waals surface area contributed by atoms with Gasteiger partial charge in [-0.05, 0) is 23.8 Å². The lowest BCUT2D eigenvalue weighted by Crippen LogP contribution is -2.00. The number of halogens is 1. The highest BCUT2D eigenvalue weighted by Crippen LogP contribution is 2.20. The summed E-state index contributed by atoms with van der Waals surface area (Å²) in [5.41, 5.74) is 2.55. The molecular formula is C14H12BrN3O. The van der Waals surface area contributed by atoms with Crippen LogP contribution in [-0.2, 0) is 6.54 Å². The smallest absolute Gasteiger partial charge is 0.212 e. The van der Waals surface area contributed by atoms with Crippen LogP contribution in [0.15, 0.2) is 41.0 Å². The third kappa shape index (κ3) is 3.70. The number of nitrogens with zero attached hydrogens (tertiary/aromatic N) is 2. The molecule has 0 bridgehead atoms. The normalized spacial score (nSPS) is 9.74. The predicted molar refractivity (Wildman–Crippen MR) is 77.0 cm³/mol. The molecule has 4 nitrogen and oxygen atoms in total. The Morgan fingerprint density at radius 2 is 2.21 bits per heavy atom. The molecule has 0 atom stereocenters. The van der Waals surface area contributed by atoms with Crippen LogP contribution in [0.2, 0.25) is 0 Å². The molecule has 0 aliphatic carbocycles. The van der Waals surface area contributed by atoms with Crippen molar-refractivity contribution in [3.05, 3.63) is 52.1 Å². The molecule has 0 unspecified atom stereocenters. The van der Waals surface area contributed by atoms with E-state index >= 15 is 0 Å². The average Bonchev–Trinajstić information content (AvgIpc) is 2.45. The molecule has 0 spiro atoms. The molecule has 0 amide bonds. The molecule has 19 heavy (non-hydrogen) atoms. The van der Waals surface area contributed by atoms with Crippen molar-refractivity contribution < 1.29 is 4.74 Å². The Balaban J connectivity index is 2.05. The van der Waals surface area contributed by atoms with Gasteiger partial charge in [-0.25, -0.2) is 4.98 Å². The Bertz CT molecular complexity index is 605. The molecule has 1 aromatic carbocycles. The first-order valence-corrected chi connectivity index (χ1v) is 6.44. The van der Waals surface area contributed by atoms with Gasteiger partial charge in [0.25, 0.3) is 0 Å². The fourth-order valence-electron chi connectivity index (χ4n) is 1.60. The molecule has 0 aliphatic rings. The second-order valence-corrected chi connectivity index (χ2v) is 4.82. The minimum Gasteiger partial charge on any atom is -0.481 e. The van der Waals surface area contributed by atoms with Crippen LogP contribution in [0.25, 0.3) is 0 Å². The Kier molecular flexibility index (Phi) is 4.37. The summed E-state index contributed by atoms with van der Waals surface area (Å²) in [7, 11) is 1.59. The molecule has 1 heterocycles. The number of nitriles is 1. The maximum absolute atomic E-state index is 8.91. The summed E-state index contributed by atoms with van der Waals surface area (Å²) in [6.45, 7) is 0.637. The first-order chi connectivity index (χ1) is 9.21. The lowest BCUT2D eigenvalue weighted by molar-refractivity contribution is 0.397. The van der Waals surface area contributed by atoms with Gasteiger partial charge in [0.05, 0.1) is 18.7 Å². The van der Waals surface area contributed by atoms with E-state index in [1.54, 1.807) is 19.4 Å². The number of benzene rings is 1. The van der Waals surface area contributed by atoms with Crippen LogP contribution in [0.4, 0.5) is 5.69 Å². The summed E-state index contributed by atoms with van der Waals surface area (Å²) in [6, 6.07) is 11.4. The van der Waals surface area contributed by atoms with Gasteiger partial charge in [-0.3, -0.25) is 0 Å². The zero-order chi connectivity index (χ0) is 13.7. The minimum atomic E-state index is 0.595. The summed E-state index contributed by atoms with van der Waals surface area (Å²) in [5, 5.41) is 12.2. The molecule has 1 aromatic heterocycles. The maximum atomic E-state index is 8.91. The summed E-state index contributed by atoms with van der Waals surface area (Å²) < 4.78 is 5.88. The van der Waals surface area contributed by atoms with Crippen molar-refractivity contribution in [3.63, 3.8) is 0 Å². The first-order valence-electron chi connectivity index (χ1n) is 5.65. The van der Waals surface area contributed by atoms with Gasteiger partial charge in [0.1, 0.15) is 0 Å². The van der Waals surface area contributed by atoms with Crippen molar-refractivity contribution in [3.8, 4) is 11.9 Å². The largest absolute Gasteiger partial charge is 0.481 e. The second-order valence-electron chi connectivity index (χ2n) is 3.90. The highest BCUT2D eigenvalue weighted by atomic mass is 79.9. The fraction of sp³-hybridized carbons (Fsp3) is 0.143. The molecule has 5 heteroatoms. The van der Waals surface area contributed by atoms with E-state index < -0.39 is 0 Å². The van der Waals surface area contributed by atoms with Crippen LogP contribution in [0.3, 0.4) is 0 Å². The Morgan fingerprint density at radius 3 is 2.84 bits per heavy atom. The van der Waals surface area contributed by atoms with Crippen LogP contribution in [-0.4, -0.2) is 12.1 Å². The highest BCUT2D eigenvalue weighted by molar-refractivity contribution is 9.10. The highest BCUT2D eigenvalue weighted by Gasteiger charge is 2.00. The zero-order valence-corrected chi connectivity index (χ0v) is 11.9. The SMILES string of the molecule is COc1ccc(CNc2cc(Br)cc(C#N)c2)cn1. The van der Waals surface area contributed by atoms with Crippen LogP contribution >= 0.6 is 15.9 Å². The lowest BCUT2D eigenvalue weighted by atomic mass is 10.2. The quantitative estimate of drug-likeness (QED) is 0.939. The van der Waals surface area contributed by atoms with Gasteiger partial charge in [0.15, 0.2) is 0 Å². The van der Waals surface area contributed by atoms with Gasteiger partial charge in [0.2, 0.25) is 5.88 Å². The number of hydrogen-bond donors (Lipinski definition) is 1. The Hall–Kier alpha value is -2.06. The number of methoxy groups -OCH3 is 1. The second kappa shape index (κ2) is 6.21. The molecule has 96 valence electrons. The van der Waals surface area contributed by atoms with Crippen molar-refractivity contribution in [1.82, 2.24) is 4.98 Å². The van der Waals surface area contributed by atoms with Crippen molar-refractivity contribution in [2.24, 2.45) is 0 Å². The van der Waals surface area contributed by atoms with E-state index in [9.17, 15) is 0 Å². The van der Waals surface area contributed by atoms with Gasteiger partial charge >= 0.3 is 0 Å². The number of rotatable bonds is 4. The maximum Gasteiger partial charge on any atom is 0.212 e. The zero-order valence-electron chi connectivity index (χ0n) is 10.4. The molecule has 2 rings (SSSR count). The summed E-state index contributed by atoms with van der Waals surface area (Å²) in [6.07, 6.45) is 1.76.